The normalized spacial score (nSPS) is 10.1. The minimum absolute atomic E-state index is 0.0229. The summed E-state index contributed by atoms with van der Waals surface area (Å²) in [5, 5.41) is 16.1. The average molecular weight is 355 g/mol. The van der Waals surface area contributed by atoms with E-state index < -0.39 is 11.8 Å². The molecular formula is C19H21N3O4. The van der Waals surface area contributed by atoms with Crippen LogP contribution in [0.4, 0.5) is 5.69 Å². The number of hydrogen-bond donors (Lipinski definition) is 4. The van der Waals surface area contributed by atoms with Gasteiger partial charge in [0.25, 0.3) is 5.91 Å². The molecule has 0 aliphatic rings. The van der Waals surface area contributed by atoms with Gasteiger partial charge in [-0.3, -0.25) is 14.4 Å². The van der Waals surface area contributed by atoms with Crippen LogP contribution in [-0.4, -0.2) is 36.0 Å². The van der Waals surface area contributed by atoms with Gasteiger partial charge in [0, 0.05) is 13.1 Å². The van der Waals surface area contributed by atoms with Crippen LogP contribution in [0.25, 0.3) is 0 Å². The quantitative estimate of drug-likeness (QED) is 0.579. The van der Waals surface area contributed by atoms with E-state index in [-0.39, 0.29) is 30.3 Å². The fourth-order valence-electron chi connectivity index (χ4n) is 2.20. The first-order chi connectivity index (χ1) is 12.5. The predicted octanol–water partition coefficient (Wildman–Crippen LogP) is 0.972. The van der Waals surface area contributed by atoms with Crippen molar-refractivity contribution < 1.29 is 19.5 Å². The smallest absolute Gasteiger partial charge is 0.313 e. The maximum atomic E-state index is 12.4. The molecule has 0 atom stereocenters. The van der Waals surface area contributed by atoms with Crippen LogP contribution in [0.15, 0.2) is 48.5 Å². The zero-order chi connectivity index (χ0) is 18.9. The molecule has 0 aliphatic carbocycles. The van der Waals surface area contributed by atoms with Crippen molar-refractivity contribution in [1.82, 2.24) is 10.6 Å². The van der Waals surface area contributed by atoms with Crippen LogP contribution in [-0.2, 0) is 16.1 Å². The van der Waals surface area contributed by atoms with E-state index in [2.05, 4.69) is 16.0 Å². The van der Waals surface area contributed by atoms with Crippen LogP contribution in [0.1, 0.15) is 21.5 Å². The van der Waals surface area contributed by atoms with Crippen molar-refractivity contribution in [3.8, 4) is 0 Å². The summed E-state index contributed by atoms with van der Waals surface area (Å²) in [6.45, 7) is 2.04. The second-order valence-electron chi connectivity index (χ2n) is 5.65. The summed E-state index contributed by atoms with van der Waals surface area (Å²) in [6, 6.07) is 14.2. The van der Waals surface area contributed by atoms with Crippen LogP contribution in [0.3, 0.4) is 0 Å². The summed E-state index contributed by atoms with van der Waals surface area (Å²) in [5.74, 6) is -2.15. The van der Waals surface area contributed by atoms with Crippen molar-refractivity contribution in [3.63, 3.8) is 0 Å². The number of amides is 3. The van der Waals surface area contributed by atoms with Gasteiger partial charge in [0.15, 0.2) is 0 Å². The predicted molar refractivity (Wildman–Crippen MR) is 97.5 cm³/mol. The maximum absolute atomic E-state index is 12.4. The first-order valence-electron chi connectivity index (χ1n) is 8.14. The zero-order valence-corrected chi connectivity index (χ0v) is 14.4. The largest absolute Gasteiger partial charge is 0.395 e. The molecule has 2 rings (SSSR count). The number of benzene rings is 2. The third-order valence-corrected chi connectivity index (χ3v) is 3.60. The molecule has 136 valence electrons. The zero-order valence-electron chi connectivity index (χ0n) is 14.4. The molecule has 0 saturated carbocycles. The van der Waals surface area contributed by atoms with Gasteiger partial charge in [0.1, 0.15) is 0 Å². The van der Waals surface area contributed by atoms with Gasteiger partial charge in [0.05, 0.1) is 17.9 Å². The summed E-state index contributed by atoms with van der Waals surface area (Å²) < 4.78 is 0. The van der Waals surface area contributed by atoms with Crippen LogP contribution < -0.4 is 16.0 Å². The third-order valence-electron chi connectivity index (χ3n) is 3.60. The Morgan fingerprint density at radius 1 is 0.923 bits per heavy atom. The van der Waals surface area contributed by atoms with E-state index in [0.29, 0.717) is 6.54 Å². The highest BCUT2D eigenvalue weighted by Crippen LogP contribution is 2.15. The number of aryl methyl sites for hydroxylation is 1. The molecule has 0 bridgehead atoms. The molecule has 7 heteroatoms. The van der Waals surface area contributed by atoms with Crippen molar-refractivity contribution in [3.05, 3.63) is 65.2 Å². The molecular weight excluding hydrogens is 334 g/mol. The fraction of sp³-hybridized carbons (Fsp3) is 0.211. The Morgan fingerprint density at radius 2 is 1.62 bits per heavy atom. The van der Waals surface area contributed by atoms with Crippen molar-refractivity contribution in [2.24, 2.45) is 0 Å². The van der Waals surface area contributed by atoms with Crippen LogP contribution in [0.5, 0.6) is 0 Å². The highest BCUT2D eigenvalue weighted by molar-refractivity contribution is 6.40. The summed E-state index contributed by atoms with van der Waals surface area (Å²) in [6.07, 6.45) is 0. The monoisotopic (exact) mass is 355 g/mol. The number of carbonyl (C=O) groups is 3. The Bertz CT molecular complexity index is 788. The molecule has 2 aromatic carbocycles. The van der Waals surface area contributed by atoms with Gasteiger partial charge < -0.3 is 21.1 Å². The summed E-state index contributed by atoms with van der Waals surface area (Å²) >= 11 is 0. The van der Waals surface area contributed by atoms with E-state index in [9.17, 15) is 14.4 Å². The second kappa shape index (κ2) is 9.33. The molecule has 0 fully saturated rings. The van der Waals surface area contributed by atoms with E-state index in [1.165, 1.54) is 6.07 Å². The Labute approximate surface area is 151 Å². The minimum Gasteiger partial charge on any atom is -0.395 e. The van der Waals surface area contributed by atoms with Crippen LogP contribution in [0.2, 0.25) is 0 Å². The third kappa shape index (κ3) is 5.42. The SMILES string of the molecule is Cc1ccc(CNC(=O)c2ccccc2NC(=O)C(=O)NCCO)cc1. The Morgan fingerprint density at radius 3 is 2.31 bits per heavy atom. The topological polar surface area (TPSA) is 108 Å². The number of nitrogens with one attached hydrogen (secondary N) is 3. The van der Waals surface area contributed by atoms with Gasteiger partial charge in [-0.2, -0.15) is 0 Å². The molecule has 2 aromatic rings. The molecule has 0 aliphatic heterocycles. The number of para-hydroxylation sites is 1. The molecule has 0 aromatic heterocycles. The van der Waals surface area contributed by atoms with E-state index in [0.717, 1.165) is 11.1 Å². The minimum atomic E-state index is -0.905. The molecule has 0 saturated heterocycles. The lowest BCUT2D eigenvalue weighted by molar-refractivity contribution is -0.136. The number of hydrogen-bond acceptors (Lipinski definition) is 4. The number of anilines is 1. The second-order valence-corrected chi connectivity index (χ2v) is 5.65. The highest BCUT2D eigenvalue weighted by Gasteiger charge is 2.17. The maximum Gasteiger partial charge on any atom is 0.313 e. The molecule has 26 heavy (non-hydrogen) atoms. The molecule has 0 heterocycles. The standard InChI is InChI=1S/C19H21N3O4/c1-13-6-8-14(9-7-13)12-21-17(24)15-4-2-3-5-16(15)22-19(26)18(25)20-10-11-23/h2-9,23H,10-12H2,1H3,(H,20,25)(H,21,24)(H,22,26). The number of rotatable bonds is 6. The van der Waals surface area contributed by atoms with Gasteiger partial charge in [-0.1, -0.05) is 42.0 Å². The average Bonchev–Trinajstić information content (AvgIpc) is 2.65. The summed E-state index contributed by atoms with van der Waals surface area (Å²) in [5.41, 5.74) is 2.57. The van der Waals surface area contributed by atoms with Crippen molar-refractivity contribution >= 4 is 23.4 Å². The van der Waals surface area contributed by atoms with Crippen molar-refractivity contribution in [2.45, 2.75) is 13.5 Å². The first kappa shape index (κ1) is 19.1. The van der Waals surface area contributed by atoms with E-state index in [4.69, 9.17) is 5.11 Å². The number of carbonyl (C=O) groups excluding carboxylic acids is 3. The van der Waals surface area contributed by atoms with Gasteiger partial charge >= 0.3 is 11.8 Å². The number of aliphatic hydroxyl groups excluding tert-OH is 1. The fourth-order valence-corrected chi connectivity index (χ4v) is 2.20. The summed E-state index contributed by atoms with van der Waals surface area (Å²) in [4.78, 5) is 35.9. The summed E-state index contributed by atoms with van der Waals surface area (Å²) in [7, 11) is 0. The van der Waals surface area contributed by atoms with Crippen molar-refractivity contribution in [2.75, 3.05) is 18.5 Å². The molecule has 7 nitrogen and oxygen atoms in total. The van der Waals surface area contributed by atoms with E-state index in [1.807, 2.05) is 31.2 Å². The van der Waals surface area contributed by atoms with Gasteiger partial charge in [0.2, 0.25) is 0 Å². The molecule has 3 amide bonds. The first-order valence-corrected chi connectivity index (χ1v) is 8.14. The molecule has 0 spiro atoms. The van der Waals surface area contributed by atoms with Crippen LogP contribution in [0, 0.1) is 6.92 Å². The molecule has 4 N–H and O–H groups in total. The Hall–Kier alpha value is -3.19. The molecule has 0 radical (unpaired) electrons. The Balaban J connectivity index is 2.02. The number of aliphatic hydroxyl groups is 1. The lowest BCUT2D eigenvalue weighted by atomic mass is 10.1. The Kier molecular flexibility index (Phi) is 6.87. The van der Waals surface area contributed by atoms with E-state index >= 15 is 0 Å². The van der Waals surface area contributed by atoms with Gasteiger partial charge in [-0.05, 0) is 24.6 Å². The van der Waals surface area contributed by atoms with Crippen molar-refractivity contribution in [1.29, 1.82) is 0 Å². The van der Waals surface area contributed by atoms with Gasteiger partial charge in [-0.15, -0.1) is 0 Å². The lowest BCUT2D eigenvalue weighted by Crippen LogP contribution is -2.37. The highest BCUT2D eigenvalue weighted by atomic mass is 16.3. The van der Waals surface area contributed by atoms with E-state index in [1.54, 1.807) is 18.2 Å². The lowest BCUT2D eigenvalue weighted by Gasteiger charge is -2.11. The molecule has 0 unspecified atom stereocenters. The van der Waals surface area contributed by atoms with Gasteiger partial charge in [-0.25, -0.2) is 0 Å². The van der Waals surface area contributed by atoms with Crippen LogP contribution >= 0.6 is 0 Å².